The number of unbranched alkanes of at least 4 members (excludes halogenated alkanes) is 1. The molecule has 5 nitrogen and oxygen atoms in total. The van der Waals surface area contributed by atoms with Crippen LogP contribution in [-0.4, -0.2) is 18.2 Å². The van der Waals surface area contributed by atoms with Gasteiger partial charge in [-0.1, -0.05) is 103 Å². The average molecular weight is 546 g/mol. The van der Waals surface area contributed by atoms with E-state index in [1.165, 1.54) is 5.56 Å². The Morgan fingerprint density at radius 2 is 1.02 bits per heavy atom. The normalized spacial score (nSPS) is 10.7. The van der Waals surface area contributed by atoms with Crippen molar-refractivity contribution in [1.82, 2.24) is 4.98 Å². The van der Waals surface area contributed by atoms with Gasteiger partial charge >= 0.3 is 0 Å². The summed E-state index contributed by atoms with van der Waals surface area (Å²) in [5.74, 6) is 1.89. The van der Waals surface area contributed by atoms with E-state index in [-0.39, 0.29) is 0 Å². The van der Waals surface area contributed by atoms with Gasteiger partial charge in [0.1, 0.15) is 19.0 Å². The predicted octanol–water partition coefficient (Wildman–Crippen LogP) is 8.28. The molecule has 0 bridgehead atoms. The number of pyridine rings is 1. The van der Waals surface area contributed by atoms with Gasteiger partial charge in [0, 0.05) is 18.2 Å². The fourth-order valence-corrected chi connectivity index (χ4v) is 4.28. The van der Waals surface area contributed by atoms with E-state index < -0.39 is 0 Å². The lowest BCUT2D eigenvalue weighted by molar-refractivity contribution is 0.113. The number of hydrogen-bond donors (Lipinski definition) is 0. The Morgan fingerprint density at radius 3 is 1.66 bits per heavy atom. The highest BCUT2D eigenvalue weighted by Gasteiger charge is 2.12. The largest absolute Gasteiger partial charge is 0.494 e. The Morgan fingerprint density at radius 1 is 0.463 bits per heavy atom. The molecule has 0 N–H and O–H groups in total. The summed E-state index contributed by atoms with van der Waals surface area (Å²) in [6.45, 7) is 2.88. The third-order valence-electron chi connectivity index (χ3n) is 6.51. The third-order valence-corrected chi connectivity index (χ3v) is 6.51. The molecule has 0 amide bonds. The number of nitrogens with zero attached hydrogens (tertiary/aromatic N) is 1. The molecule has 5 aromatic rings. The molecule has 4 aromatic carbocycles. The fourth-order valence-electron chi connectivity index (χ4n) is 4.28. The molecule has 0 radical (unpaired) electrons. The van der Waals surface area contributed by atoms with Crippen molar-refractivity contribution in [3.63, 3.8) is 0 Å². The molecule has 0 atom stereocenters. The van der Waals surface area contributed by atoms with Crippen LogP contribution in [0.2, 0.25) is 0 Å². The van der Waals surface area contributed by atoms with E-state index in [1.807, 2.05) is 115 Å². The summed E-state index contributed by atoms with van der Waals surface area (Å²) in [6.07, 6.45) is 1.89. The third kappa shape index (κ3) is 8.95. The second kappa shape index (κ2) is 15.2. The molecular weight excluding hydrogens is 510 g/mol. The smallest absolute Gasteiger partial charge is 0.225 e. The second-order valence-electron chi connectivity index (χ2n) is 9.67. The zero-order valence-electron chi connectivity index (χ0n) is 23.2. The highest BCUT2D eigenvalue weighted by Crippen LogP contribution is 2.32. The molecule has 0 saturated heterocycles. The molecule has 0 aliphatic rings. The standard InChI is InChI=1S/C36H35NO4/c1-4-12-29(13-5-1)26-38-24-10-11-25-39-33-20-18-32(19-21-33)34-22-23-35(40-27-30-14-6-2-7-15-30)37-36(34)41-28-31-16-8-3-9-17-31/h1-9,12-23H,10-11,24-28H2. The molecule has 0 saturated carbocycles. The zero-order chi connectivity index (χ0) is 28.0. The van der Waals surface area contributed by atoms with E-state index in [1.54, 1.807) is 0 Å². The maximum atomic E-state index is 6.21. The monoisotopic (exact) mass is 545 g/mol. The fraction of sp³-hybridized carbons (Fsp3) is 0.194. The number of aromatic nitrogens is 1. The topological polar surface area (TPSA) is 49.8 Å². The molecule has 0 spiro atoms. The van der Waals surface area contributed by atoms with E-state index >= 15 is 0 Å². The average Bonchev–Trinajstić information content (AvgIpc) is 3.04. The highest BCUT2D eigenvalue weighted by molar-refractivity contribution is 5.69. The van der Waals surface area contributed by atoms with Crippen molar-refractivity contribution < 1.29 is 18.9 Å². The van der Waals surface area contributed by atoms with Crippen LogP contribution in [0, 0.1) is 0 Å². The predicted molar refractivity (Wildman–Crippen MR) is 162 cm³/mol. The van der Waals surface area contributed by atoms with Crippen LogP contribution in [0.1, 0.15) is 29.5 Å². The van der Waals surface area contributed by atoms with Gasteiger partial charge in [-0.15, -0.1) is 0 Å². The van der Waals surface area contributed by atoms with E-state index in [0.717, 1.165) is 47.5 Å². The molecular formula is C36H35NO4. The zero-order valence-corrected chi connectivity index (χ0v) is 23.2. The van der Waals surface area contributed by atoms with E-state index in [4.69, 9.17) is 23.9 Å². The van der Waals surface area contributed by atoms with Crippen LogP contribution in [0.15, 0.2) is 127 Å². The van der Waals surface area contributed by atoms with E-state index in [9.17, 15) is 0 Å². The molecule has 1 aromatic heterocycles. The molecule has 0 unspecified atom stereocenters. The maximum absolute atomic E-state index is 6.21. The van der Waals surface area contributed by atoms with Crippen molar-refractivity contribution in [3.8, 4) is 28.6 Å². The molecule has 208 valence electrons. The highest BCUT2D eigenvalue weighted by atomic mass is 16.5. The Kier molecular flexibility index (Phi) is 10.4. The van der Waals surface area contributed by atoms with Crippen LogP contribution in [0.3, 0.4) is 0 Å². The van der Waals surface area contributed by atoms with Gasteiger partial charge in [-0.2, -0.15) is 4.98 Å². The SMILES string of the molecule is c1ccc(COCCCCOc2ccc(-c3ccc(OCc4ccccc4)nc3OCc3ccccc3)cc2)cc1. The maximum Gasteiger partial charge on any atom is 0.225 e. The minimum absolute atomic E-state index is 0.416. The summed E-state index contributed by atoms with van der Waals surface area (Å²) in [6, 6.07) is 42.3. The van der Waals surface area contributed by atoms with Crippen molar-refractivity contribution in [2.24, 2.45) is 0 Å². The van der Waals surface area contributed by atoms with Crippen molar-refractivity contribution in [2.45, 2.75) is 32.7 Å². The first-order chi connectivity index (χ1) is 20.3. The first kappa shape index (κ1) is 27.9. The van der Waals surface area contributed by atoms with Crippen LogP contribution in [-0.2, 0) is 24.6 Å². The van der Waals surface area contributed by atoms with Crippen LogP contribution in [0.25, 0.3) is 11.1 Å². The van der Waals surface area contributed by atoms with E-state index in [2.05, 4.69) is 12.1 Å². The van der Waals surface area contributed by atoms with Crippen LogP contribution < -0.4 is 14.2 Å². The van der Waals surface area contributed by atoms with Crippen molar-refractivity contribution in [3.05, 3.63) is 144 Å². The van der Waals surface area contributed by atoms with Gasteiger partial charge in [-0.25, -0.2) is 0 Å². The van der Waals surface area contributed by atoms with Gasteiger partial charge in [-0.3, -0.25) is 0 Å². The molecule has 5 heteroatoms. The van der Waals surface area contributed by atoms with Gasteiger partial charge in [0.05, 0.1) is 13.2 Å². The lowest BCUT2D eigenvalue weighted by atomic mass is 10.1. The molecule has 0 fully saturated rings. The number of hydrogen-bond acceptors (Lipinski definition) is 5. The Hall–Kier alpha value is -4.61. The van der Waals surface area contributed by atoms with Crippen molar-refractivity contribution in [1.29, 1.82) is 0 Å². The van der Waals surface area contributed by atoms with Gasteiger partial charge in [-0.05, 0) is 53.3 Å². The van der Waals surface area contributed by atoms with Gasteiger partial charge < -0.3 is 18.9 Å². The van der Waals surface area contributed by atoms with Gasteiger partial charge in [0.25, 0.3) is 0 Å². The summed E-state index contributed by atoms with van der Waals surface area (Å²) in [7, 11) is 0. The molecule has 41 heavy (non-hydrogen) atoms. The minimum atomic E-state index is 0.416. The first-order valence-electron chi connectivity index (χ1n) is 14.0. The van der Waals surface area contributed by atoms with Crippen LogP contribution in [0.5, 0.6) is 17.5 Å². The van der Waals surface area contributed by atoms with E-state index in [0.29, 0.717) is 38.2 Å². The van der Waals surface area contributed by atoms with Crippen LogP contribution >= 0.6 is 0 Å². The Balaban J connectivity index is 1.16. The minimum Gasteiger partial charge on any atom is -0.494 e. The van der Waals surface area contributed by atoms with Crippen molar-refractivity contribution in [2.75, 3.05) is 13.2 Å². The molecule has 0 aliphatic heterocycles. The summed E-state index contributed by atoms with van der Waals surface area (Å²) in [5.41, 5.74) is 5.25. The molecule has 5 rings (SSSR count). The lowest BCUT2D eigenvalue weighted by Crippen LogP contribution is -2.02. The summed E-state index contributed by atoms with van der Waals surface area (Å²) in [4.78, 5) is 4.72. The quantitative estimate of drug-likeness (QED) is 0.124. The molecule has 1 heterocycles. The Labute approximate surface area is 242 Å². The second-order valence-corrected chi connectivity index (χ2v) is 9.67. The number of benzene rings is 4. The lowest BCUT2D eigenvalue weighted by Gasteiger charge is -2.14. The van der Waals surface area contributed by atoms with Gasteiger partial charge in [0.2, 0.25) is 11.8 Å². The summed E-state index contributed by atoms with van der Waals surface area (Å²) in [5, 5.41) is 0. The van der Waals surface area contributed by atoms with Gasteiger partial charge in [0.15, 0.2) is 0 Å². The molecule has 0 aliphatic carbocycles. The van der Waals surface area contributed by atoms with Crippen molar-refractivity contribution >= 4 is 0 Å². The Bertz CT molecular complexity index is 1440. The summed E-state index contributed by atoms with van der Waals surface area (Å²) < 4.78 is 23.9. The number of ether oxygens (including phenoxy) is 4. The van der Waals surface area contributed by atoms with Crippen LogP contribution in [0.4, 0.5) is 0 Å². The number of rotatable bonds is 15. The first-order valence-corrected chi connectivity index (χ1v) is 14.0. The summed E-state index contributed by atoms with van der Waals surface area (Å²) >= 11 is 0.